The van der Waals surface area contributed by atoms with Crippen LogP contribution in [0.5, 0.6) is 5.75 Å². The van der Waals surface area contributed by atoms with Crippen molar-refractivity contribution in [3.63, 3.8) is 0 Å². The number of allylic oxidation sites excluding steroid dienone is 2. The number of aromatic hydroxyl groups is 1. The van der Waals surface area contributed by atoms with Gasteiger partial charge in [0.05, 0.1) is 16.8 Å². The molecular formula is C25H18FNO5. The van der Waals surface area contributed by atoms with Crippen molar-refractivity contribution in [2.75, 3.05) is 4.90 Å². The second kappa shape index (κ2) is 6.50. The number of amides is 1. The van der Waals surface area contributed by atoms with Crippen LogP contribution >= 0.6 is 0 Å². The van der Waals surface area contributed by atoms with Crippen LogP contribution in [0.1, 0.15) is 42.3 Å². The van der Waals surface area contributed by atoms with Crippen molar-refractivity contribution in [3.8, 4) is 5.75 Å². The molecule has 1 amide bonds. The number of phenols is 1. The predicted octanol–water partition coefficient (Wildman–Crippen LogP) is 4.45. The summed E-state index contributed by atoms with van der Waals surface area (Å²) < 4.78 is 19.6. The van der Waals surface area contributed by atoms with Gasteiger partial charge < -0.3 is 9.52 Å². The minimum atomic E-state index is -0.894. The molecule has 0 aliphatic carbocycles. The molecular weight excluding hydrogens is 413 g/mol. The molecule has 2 aromatic carbocycles. The fraction of sp³-hybridized carbons (Fsp3) is 0.160. The number of anilines is 1. The Kier molecular flexibility index (Phi) is 4.05. The molecule has 0 atom stereocenters. The maximum Gasteiger partial charge on any atom is 0.347 e. The van der Waals surface area contributed by atoms with Crippen molar-refractivity contribution in [2.45, 2.75) is 26.3 Å². The summed E-state index contributed by atoms with van der Waals surface area (Å²) in [5.41, 5.74) is 0.618. The highest BCUT2D eigenvalue weighted by molar-refractivity contribution is 6.37. The number of halogens is 1. The average molecular weight is 431 g/mol. The number of nitrogens with zero attached hydrogens (tertiary/aromatic N) is 1. The minimum Gasteiger partial charge on any atom is -0.508 e. The zero-order valence-corrected chi connectivity index (χ0v) is 17.5. The Bertz CT molecular complexity index is 1490. The highest BCUT2D eigenvalue weighted by Gasteiger charge is 2.45. The van der Waals surface area contributed by atoms with E-state index in [0.717, 1.165) is 11.6 Å². The second-order valence-corrected chi connectivity index (χ2v) is 8.56. The smallest absolute Gasteiger partial charge is 0.347 e. The fourth-order valence-electron chi connectivity index (χ4n) is 4.53. The Hall–Kier alpha value is -4.00. The van der Waals surface area contributed by atoms with Crippen LogP contribution in [0, 0.1) is 5.82 Å². The van der Waals surface area contributed by atoms with Crippen molar-refractivity contribution >= 4 is 39.5 Å². The molecule has 0 unspecified atom stereocenters. The first-order chi connectivity index (χ1) is 15.1. The number of hydrogen-bond acceptors (Lipinski definition) is 5. The lowest BCUT2D eigenvalue weighted by Crippen LogP contribution is -2.46. The molecule has 1 aromatic heterocycles. The van der Waals surface area contributed by atoms with Gasteiger partial charge in [0.15, 0.2) is 5.78 Å². The Morgan fingerprint density at radius 3 is 2.59 bits per heavy atom. The third kappa shape index (κ3) is 2.81. The Morgan fingerprint density at radius 2 is 1.84 bits per heavy atom. The summed E-state index contributed by atoms with van der Waals surface area (Å²) in [5, 5.41) is 10.00. The molecule has 1 N–H and O–H groups in total. The molecule has 0 spiro atoms. The van der Waals surface area contributed by atoms with E-state index in [-0.39, 0.29) is 22.5 Å². The summed E-state index contributed by atoms with van der Waals surface area (Å²) in [7, 11) is 0. The van der Waals surface area contributed by atoms with Crippen molar-refractivity contribution < 1.29 is 23.5 Å². The Morgan fingerprint density at radius 1 is 1.12 bits per heavy atom. The minimum absolute atomic E-state index is 0.0205. The van der Waals surface area contributed by atoms with Crippen LogP contribution in [0.25, 0.3) is 22.1 Å². The van der Waals surface area contributed by atoms with E-state index in [1.165, 1.54) is 36.4 Å². The lowest BCUT2D eigenvalue weighted by Gasteiger charge is -2.38. The van der Waals surface area contributed by atoms with Gasteiger partial charge in [0.1, 0.15) is 22.7 Å². The lowest BCUT2D eigenvalue weighted by atomic mass is 9.89. The Labute approximate surface area is 181 Å². The molecule has 0 fully saturated rings. The van der Waals surface area contributed by atoms with Crippen molar-refractivity contribution in [2.24, 2.45) is 0 Å². The average Bonchev–Trinajstić information content (AvgIpc) is 2.98. The van der Waals surface area contributed by atoms with Gasteiger partial charge in [0, 0.05) is 22.6 Å². The predicted molar refractivity (Wildman–Crippen MR) is 118 cm³/mol. The van der Waals surface area contributed by atoms with Crippen LogP contribution in [0.2, 0.25) is 0 Å². The molecule has 3 heterocycles. The third-order valence-corrected chi connectivity index (χ3v) is 5.85. The van der Waals surface area contributed by atoms with Crippen molar-refractivity contribution in [1.29, 1.82) is 0 Å². The van der Waals surface area contributed by atoms with Gasteiger partial charge in [-0.1, -0.05) is 6.08 Å². The Balaban J connectivity index is 1.68. The molecule has 32 heavy (non-hydrogen) atoms. The molecule has 6 nitrogen and oxygen atoms in total. The van der Waals surface area contributed by atoms with Gasteiger partial charge in [-0.2, -0.15) is 0 Å². The van der Waals surface area contributed by atoms with E-state index in [1.807, 2.05) is 26.8 Å². The van der Waals surface area contributed by atoms with Gasteiger partial charge in [-0.05, 0) is 62.8 Å². The van der Waals surface area contributed by atoms with Crippen LogP contribution in [-0.2, 0) is 4.79 Å². The molecule has 7 heteroatoms. The SMILES string of the molecule is CC1=CC(C)(C)N2C(=O)C(=CC(=O)c3cc4ccc(O)cc4oc3=O)c3cc(F)cc1c32. The van der Waals surface area contributed by atoms with Gasteiger partial charge >= 0.3 is 5.63 Å². The molecule has 0 bridgehead atoms. The topological polar surface area (TPSA) is 87.8 Å². The number of hydrogen-bond donors (Lipinski definition) is 1. The lowest BCUT2D eigenvalue weighted by molar-refractivity contribution is -0.113. The van der Waals surface area contributed by atoms with Crippen molar-refractivity contribution in [1.82, 2.24) is 0 Å². The van der Waals surface area contributed by atoms with E-state index in [9.17, 15) is 23.9 Å². The zero-order valence-electron chi connectivity index (χ0n) is 17.5. The summed E-state index contributed by atoms with van der Waals surface area (Å²) >= 11 is 0. The number of carbonyl (C=O) groups excluding carboxylic acids is 2. The first-order valence-corrected chi connectivity index (χ1v) is 9.98. The van der Waals surface area contributed by atoms with E-state index in [1.54, 1.807) is 4.90 Å². The summed E-state index contributed by atoms with van der Waals surface area (Å²) in [4.78, 5) is 40.3. The maximum atomic E-state index is 14.4. The van der Waals surface area contributed by atoms with Crippen LogP contribution in [-0.4, -0.2) is 22.3 Å². The molecule has 2 aliphatic rings. The number of fused-ring (bicyclic) bond motifs is 1. The summed E-state index contributed by atoms with van der Waals surface area (Å²) in [6.45, 7) is 5.58. The number of carbonyl (C=O) groups is 2. The molecule has 3 aromatic rings. The van der Waals surface area contributed by atoms with Gasteiger partial charge in [0.2, 0.25) is 0 Å². The van der Waals surface area contributed by atoms with Crippen molar-refractivity contribution in [3.05, 3.63) is 81.5 Å². The molecule has 160 valence electrons. The highest BCUT2D eigenvalue weighted by atomic mass is 19.1. The molecule has 0 radical (unpaired) electrons. The highest BCUT2D eigenvalue weighted by Crippen LogP contribution is 2.49. The summed E-state index contributed by atoms with van der Waals surface area (Å²) in [6.07, 6.45) is 2.95. The van der Waals surface area contributed by atoms with Crippen LogP contribution in [0.3, 0.4) is 0 Å². The standard InChI is InChI=1S/C25H18FNO5/c1-12-11-25(2,3)27-22-16(12)7-14(26)8-17(22)18(23(27)30)10-20(29)19-6-13-4-5-15(28)9-21(13)32-24(19)31/h4-11,28H,1-3H3. The summed E-state index contributed by atoms with van der Waals surface area (Å²) in [5.74, 6) is -1.77. The molecule has 2 aliphatic heterocycles. The van der Waals surface area contributed by atoms with E-state index in [2.05, 4.69) is 0 Å². The zero-order chi connectivity index (χ0) is 22.9. The maximum absolute atomic E-state index is 14.4. The van der Waals surface area contributed by atoms with Gasteiger partial charge in [-0.3, -0.25) is 14.5 Å². The van der Waals surface area contributed by atoms with Crippen LogP contribution in [0.4, 0.5) is 10.1 Å². The normalized spacial score (nSPS) is 17.6. The fourth-order valence-corrected chi connectivity index (χ4v) is 4.53. The molecule has 0 saturated heterocycles. The first kappa shape index (κ1) is 19.9. The largest absolute Gasteiger partial charge is 0.508 e. The third-order valence-electron chi connectivity index (χ3n) is 5.85. The van der Waals surface area contributed by atoms with Gasteiger partial charge in [-0.15, -0.1) is 0 Å². The van der Waals surface area contributed by atoms with Crippen LogP contribution in [0.15, 0.2) is 57.8 Å². The van der Waals surface area contributed by atoms with E-state index >= 15 is 0 Å². The van der Waals surface area contributed by atoms with Gasteiger partial charge in [0.25, 0.3) is 5.91 Å². The van der Waals surface area contributed by atoms with E-state index in [4.69, 9.17) is 4.42 Å². The first-order valence-electron chi connectivity index (χ1n) is 9.98. The monoisotopic (exact) mass is 431 g/mol. The molecule has 5 rings (SSSR count). The summed E-state index contributed by atoms with van der Waals surface area (Å²) in [6, 6.07) is 8.14. The van der Waals surface area contributed by atoms with Gasteiger partial charge in [-0.25, -0.2) is 9.18 Å². The number of benzene rings is 2. The quantitative estimate of drug-likeness (QED) is 0.368. The molecule has 0 saturated carbocycles. The second-order valence-electron chi connectivity index (χ2n) is 8.56. The van der Waals surface area contributed by atoms with E-state index < -0.39 is 28.7 Å². The van der Waals surface area contributed by atoms with E-state index in [0.29, 0.717) is 22.2 Å². The number of rotatable bonds is 2. The number of ketones is 1. The number of phenolic OH excluding ortho intramolecular Hbond substituents is 1. The van der Waals surface area contributed by atoms with Crippen LogP contribution < -0.4 is 10.5 Å².